The van der Waals surface area contributed by atoms with Crippen molar-refractivity contribution in [1.29, 1.82) is 0 Å². The van der Waals surface area contributed by atoms with E-state index in [0.717, 1.165) is 4.88 Å². The minimum Gasteiger partial charge on any atom is -0.298 e. The summed E-state index contributed by atoms with van der Waals surface area (Å²) < 4.78 is 0. The van der Waals surface area contributed by atoms with E-state index in [9.17, 15) is 9.59 Å². The zero-order valence-electron chi connectivity index (χ0n) is 11.4. The van der Waals surface area contributed by atoms with Gasteiger partial charge in [0, 0.05) is 16.5 Å². The molecule has 0 aliphatic heterocycles. The number of hydrazine groups is 1. The summed E-state index contributed by atoms with van der Waals surface area (Å²) in [7, 11) is 0. The molecule has 1 aromatic heterocycles. The fourth-order valence-corrected chi connectivity index (χ4v) is 2.27. The van der Waals surface area contributed by atoms with E-state index in [1.165, 1.54) is 17.4 Å². The number of nitrogens with one attached hydrogen (secondary N) is 3. The van der Waals surface area contributed by atoms with E-state index in [1.54, 1.807) is 30.3 Å². The molecule has 2 amide bonds. The van der Waals surface area contributed by atoms with Crippen molar-refractivity contribution in [3.8, 4) is 0 Å². The molecular formula is C15H13N3O2S2. The Hall–Kier alpha value is -2.51. The van der Waals surface area contributed by atoms with Crippen LogP contribution in [-0.2, 0) is 4.79 Å². The molecule has 0 aliphatic rings. The normalized spacial score (nSPS) is 10.2. The molecule has 0 fully saturated rings. The molecule has 1 aromatic carbocycles. The van der Waals surface area contributed by atoms with Crippen LogP contribution in [-0.4, -0.2) is 16.9 Å². The van der Waals surface area contributed by atoms with Crippen LogP contribution >= 0.6 is 23.6 Å². The van der Waals surface area contributed by atoms with Gasteiger partial charge in [-0.15, -0.1) is 11.3 Å². The van der Waals surface area contributed by atoms with Crippen molar-refractivity contribution in [3.05, 3.63) is 64.4 Å². The smallest absolute Gasteiger partial charge is 0.269 e. The van der Waals surface area contributed by atoms with E-state index in [4.69, 9.17) is 12.2 Å². The fourth-order valence-electron chi connectivity index (χ4n) is 1.50. The fraction of sp³-hybridized carbons (Fsp3) is 0. The van der Waals surface area contributed by atoms with Crippen LogP contribution in [0.1, 0.15) is 15.2 Å². The average Bonchev–Trinajstić information content (AvgIpc) is 3.05. The van der Waals surface area contributed by atoms with Crippen LogP contribution in [0.4, 0.5) is 0 Å². The minimum absolute atomic E-state index is 0.0186. The van der Waals surface area contributed by atoms with E-state index in [1.807, 2.05) is 23.6 Å². The third-order valence-electron chi connectivity index (χ3n) is 2.50. The molecule has 22 heavy (non-hydrogen) atoms. The lowest BCUT2D eigenvalue weighted by Crippen LogP contribution is -2.48. The highest BCUT2D eigenvalue weighted by molar-refractivity contribution is 7.80. The molecule has 1 heterocycles. The maximum Gasteiger partial charge on any atom is 0.269 e. The zero-order valence-corrected chi connectivity index (χ0v) is 13.0. The first-order valence-corrected chi connectivity index (χ1v) is 7.62. The Morgan fingerprint density at radius 2 is 1.82 bits per heavy atom. The van der Waals surface area contributed by atoms with Gasteiger partial charge in [0.1, 0.15) is 0 Å². The number of benzene rings is 1. The molecule has 0 saturated carbocycles. The number of carbonyl (C=O) groups is 2. The van der Waals surface area contributed by atoms with Gasteiger partial charge in [0.25, 0.3) is 5.91 Å². The number of thiophene rings is 1. The Labute approximate surface area is 137 Å². The Balaban J connectivity index is 1.76. The summed E-state index contributed by atoms with van der Waals surface area (Å²) in [4.78, 5) is 24.4. The average molecular weight is 331 g/mol. The lowest BCUT2D eigenvalue weighted by Gasteiger charge is -2.09. The van der Waals surface area contributed by atoms with Crippen LogP contribution in [0.5, 0.6) is 0 Å². The first-order chi connectivity index (χ1) is 10.6. The lowest BCUT2D eigenvalue weighted by atomic mass is 10.2. The summed E-state index contributed by atoms with van der Waals surface area (Å²) in [5, 5.41) is 4.37. The van der Waals surface area contributed by atoms with Crippen LogP contribution in [0, 0.1) is 0 Å². The Morgan fingerprint density at radius 1 is 1.05 bits per heavy atom. The van der Waals surface area contributed by atoms with Gasteiger partial charge in [-0.2, -0.15) is 0 Å². The predicted octanol–water partition coefficient (Wildman–Crippen LogP) is 2.10. The molecule has 7 heteroatoms. The van der Waals surface area contributed by atoms with Crippen molar-refractivity contribution in [2.45, 2.75) is 0 Å². The molecule has 0 bridgehead atoms. The molecular weight excluding hydrogens is 318 g/mol. The number of hydrogen-bond acceptors (Lipinski definition) is 4. The second-order valence-electron chi connectivity index (χ2n) is 4.11. The third-order valence-corrected chi connectivity index (χ3v) is 3.55. The number of amides is 2. The summed E-state index contributed by atoms with van der Waals surface area (Å²) >= 11 is 6.45. The van der Waals surface area contributed by atoms with Gasteiger partial charge in [0.05, 0.1) is 0 Å². The van der Waals surface area contributed by atoms with Crippen LogP contribution in [0.15, 0.2) is 53.9 Å². The predicted molar refractivity (Wildman–Crippen MR) is 91.1 cm³/mol. The maximum absolute atomic E-state index is 11.8. The molecule has 112 valence electrons. The Kier molecular flexibility index (Phi) is 5.81. The van der Waals surface area contributed by atoms with Crippen molar-refractivity contribution in [2.75, 3.05) is 0 Å². The van der Waals surface area contributed by atoms with Gasteiger partial charge in [-0.25, -0.2) is 0 Å². The minimum atomic E-state index is -0.375. The second kappa shape index (κ2) is 8.06. The molecule has 0 aliphatic carbocycles. The number of thiocarbonyl (C=S) groups is 1. The Morgan fingerprint density at radius 3 is 2.50 bits per heavy atom. The third kappa shape index (κ3) is 5.12. The van der Waals surface area contributed by atoms with Gasteiger partial charge in [-0.05, 0) is 41.9 Å². The standard InChI is InChI=1S/C15H13N3O2S2/c19-13(9-8-12-7-4-10-22-12)16-15(21)18-17-14(20)11-5-2-1-3-6-11/h1-10H,(H,17,20)(H2,16,18,19,21). The van der Waals surface area contributed by atoms with Crippen molar-refractivity contribution < 1.29 is 9.59 Å². The van der Waals surface area contributed by atoms with Gasteiger partial charge >= 0.3 is 0 Å². The molecule has 2 rings (SSSR count). The largest absolute Gasteiger partial charge is 0.298 e. The van der Waals surface area contributed by atoms with E-state index in [2.05, 4.69) is 16.2 Å². The lowest BCUT2D eigenvalue weighted by molar-refractivity contribution is -0.115. The van der Waals surface area contributed by atoms with Gasteiger partial charge in [0.15, 0.2) is 5.11 Å². The first kappa shape index (κ1) is 15.9. The van der Waals surface area contributed by atoms with Crippen molar-refractivity contribution in [1.82, 2.24) is 16.2 Å². The molecule has 2 aromatic rings. The summed E-state index contributed by atoms with van der Waals surface area (Å²) in [5.74, 6) is -0.716. The van der Waals surface area contributed by atoms with Crippen LogP contribution in [0.3, 0.4) is 0 Å². The first-order valence-electron chi connectivity index (χ1n) is 6.33. The molecule has 3 N–H and O–H groups in total. The summed E-state index contributed by atoms with van der Waals surface area (Å²) in [6.45, 7) is 0. The summed E-state index contributed by atoms with van der Waals surface area (Å²) in [6.07, 6.45) is 3.06. The zero-order chi connectivity index (χ0) is 15.8. The van der Waals surface area contributed by atoms with Gasteiger partial charge in [-0.1, -0.05) is 24.3 Å². The van der Waals surface area contributed by atoms with E-state index >= 15 is 0 Å². The van der Waals surface area contributed by atoms with E-state index in [0.29, 0.717) is 5.56 Å². The Bertz CT molecular complexity index is 682. The van der Waals surface area contributed by atoms with Crippen molar-refractivity contribution in [2.24, 2.45) is 0 Å². The highest BCUT2D eigenvalue weighted by atomic mass is 32.1. The molecule has 5 nitrogen and oxygen atoms in total. The molecule has 0 saturated heterocycles. The topological polar surface area (TPSA) is 70.2 Å². The highest BCUT2D eigenvalue weighted by Crippen LogP contribution is 2.09. The number of hydrogen-bond donors (Lipinski definition) is 3. The quantitative estimate of drug-likeness (QED) is 0.458. The molecule has 0 atom stereocenters. The van der Waals surface area contributed by atoms with E-state index in [-0.39, 0.29) is 16.9 Å². The molecule has 0 radical (unpaired) electrons. The summed E-state index contributed by atoms with van der Waals surface area (Å²) in [5.41, 5.74) is 5.37. The van der Waals surface area contributed by atoms with Crippen LogP contribution < -0.4 is 16.2 Å². The van der Waals surface area contributed by atoms with Crippen molar-refractivity contribution >= 4 is 46.6 Å². The van der Waals surface area contributed by atoms with Crippen LogP contribution in [0.2, 0.25) is 0 Å². The molecule has 0 unspecified atom stereocenters. The molecule has 0 spiro atoms. The van der Waals surface area contributed by atoms with Crippen molar-refractivity contribution in [3.63, 3.8) is 0 Å². The number of carbonyl (C=O) groups excluding carboxylic acids is 2. The second-order valence-corrected chi connectivity index (χ2v) is 5.50. The summed E-state index contributed by atoms with van der Waals surface area (Å²) in [6, 6.07) is 12.5. The monoisotopic (exact) mass is 331 g/mol. The SMILES string of the molecule is O=C(C=Cc1cccs1)NC(=S)NNC(=O)c1ccccc1. The highest BCUT2D eigenvalue weighted by Gasteiger charge is 2.05. The van der Waals surface area contributed by atoms with Crippen LogP contribution in [0.25, 0.3) is 6.08 Å². The van der Waals surface area contributed by atoms with E-state index < -0.39 is 0 Å². The van der Waals surface area contributed by atoms with Gasteiger partial charge in [-0.3, -0.25) is 25.8 Å². The maximum atomic E-state index is 11.8. The van der Waals surface area contributed by atoms with Gasteiger partial charge in [0.2, 0.25) is 5.91 Å². The number of rotatable bonds is 3. The van der Waals surface area contributed by atoms with Gasteiger partial charge < -0.3 is 0 Å².